The zero-order chi connectivity index (χ0) is 19.8. The van der Waals surface area contributed by atoms with Crippen LogP contribution >= 0.6 is 24.0 Å². The van der Waals surface area contributed by atoms with E-state index in [1.54, 1.807) is 7.11 Å². The van der Waals surface area contributed by atoms with Crippen LogP contribution in [0.2, 0.25) is 0 Å². The Morgan fingerprint density at radius 1 is 1.28 bits per heavy atom. The maximum atomic E-state index is 12.4. The van der Waals surface area contributed by atoms with Gasteiger partial charge in [0.25, 0.3) is 0 Å². The molecule has 2 N–H and O–H groups in total. The van der Waals surface area contributed by atoms with Gasteiger partial charge in [0.15, 0.2) is 5.96 Å². The Balaban J connectivity index is 0.00000300. The number of carbonyl (C=O) groups is 1. The van der Waals surface area contributed by atoms with Gasteiger partial charge in [-0.1, -0.05) is 18.2 Å². The minimum absolute atomic E-state index is 0. The highest BCUT2D eigenvalue weighted by Crippen LogP contribution is 2.26. The highest BCUT2D eigenvalue weighted by Gasteiger charge is 2.31. The van der Waals surface area contributed by atoms with Crippen LogP contribution in [-0.2, 0) is 9.53 Å². The number of ether oxygens (including phenoxy) is 1. The summed E-state index contributed by atoms with van der Waals surface area (Å²) in [6.45, 7) is 6.91. The van der Waals surface area contributed by atoms with Gasteiger partial charge in [0, 0.05) is 51.4 Å². The maximum absolute atomic E-state index is 12.4. The fourth-order valence-corrected chi connectivity index (χ4v) is 3.59. The molecular formula is C21H34IN5O2. The van der Waals surface area contributed by atoms with Gasteiger partial charge in [-0.25, -0.2) is 0 Å². The summed E-state index contributed by atoms with van der Waals surface area (Å²) < 4.78 is 5.22. The normalized spacial score (nSPS) is 19.4. The smallest absolute Gasteiger partial charge is 0.229 e. The molecule has 1 aliphatic heterocycles. The molecule has 8 heteroatoms. The van der Waals surface area contributed by atoms with Crippen LogP contribution < -0.4 is 15.5 Å². The number of nitrogens with zero attached hydrogens (tertiary/aromatic N) is 3. The van der Waals surface area contributed by atoms with Crippen LogP contribution in [0.25, 0.3) is 0 Å². The molecule has 1 amide bonds. The summed E-state index contributed by atoms with van der Waals surface area (Å²) >= 11 is 0. The number of benzene rings is 1. The van der Waals surface area contributed by atoms with Gasteiger partial charge in [0.1, 0.15) is 0 Å². The zero-order valence-corrected chi connectivity index (χ0v) is 19.8. The Kier molecular flexibility index (Phi) is 10.2. The van der Waals surface area contributed by atoms with Crippen LogP contribution in [0.15, 0.2) is 35.3 Å². The van der Waals surface area contributed by atoms with Crippen molar-refractivity contribution >= 4 is 41.5 Å². The van der Waals surface area contributed by atoms with Crippen molar-refractivity contribution in [3.05, 3.63) is 30.3 Å². The Bertz CT molecular complexity index is 654. The average molecular weight is 515 g/mol. The lowest BCUT2D eigenvalue weighted by Crippen LogP contribution is -2.45. The summed E-state index contributed by atoms with van der Waals surface area (Å²) in [5.41, 5.74) is 0.956. The molecule has 1 unspecified atom stereocenters. The number of hydrogen-bond acceptors (Lipinski definition) is 4. The molecule has 0 spiro atoms. The van der Waals surface area contributed by atoms with Crippen LogP contribution in [0.1, 0.15) is 26.2 Å². The molecule has 2 aliphatic rings. The van der Waals surface area contributed by atoms with E-state index in [9.17, 15) is 4.79 Å². The van der Waals surface area contributed by atoms with Crippen LogP contribution in [0.4, 0.5) is 5.69 Å². The van der Waals surface area contributed by atoms with E-state index < -0.39 is 0 Å². The number of rotatable bonds is 10. The first kappa shape index (κ1) is 23.9. The number of anilines is 1. The van der Waals surface area contributed by atoms with E-state index in [-0.39, 0.29) is 35.9 Å². The number of carbonyl (C=O) groups excluding carboxylic acids is 1. The second-order valence-corrected chi connectivity index (χ2v) is 7.41. The highest BCUT2D eigenvalue weighted by atomic mass is 127. The van der Waals surface area contributed by atoms with Crippen LogP contribution in [-0.4, -0.2) is 75.3 Å². The first-order chi connectivity index (χ1) is 13.7. The summed E-state index contributed by atoms with van der Waals surface area (Å²) in [6, 6.07) is 10.6. The first-order valence-electron chi connectivity index (χ1n) is 10.3. The van der Waals surface area contributed by atoms with Crippen molar-refractivity contribution in [1.82, 2.24) is 15.5 Å². The van der Waals surface area contributed by atoms with Crippen LogP contribution in [0.5, 0.6) is 0 Å². The third kappa shape index (κ3) is 7.42. The molecule has 1 aromatic carbocycles. The van der Waals surface area contributed by atoms with Crippen LogP contribution in [0, 0.1) is 0 Å². The second kappa shape index (κ2) is 12.3. The highest BCUT2D eigenvalue weighted by molar-refractivity contribution is 14.0. The molecule has 0 radical (unpaired) electrons. The van der Waals surface area contributed by atoms with Crippen LogP contribution in [0.3, 0.4) is 0 Å². The van der Waals surface area contributed by atoms with E-state index in [2.05, 4.69) is 22.5 Å². The Labute approximate surface area is 191 Å². The number of methoxy groups -OCH3 is 1. The van der Waals surface area contributed by atoms with Crippen molar-refractivity contribution < 1.29 is 9.53 Å². The predicted molar refractivity (Wildman–Crippen MR) is 128 cm³/mol. The number of guanidine groups is 1. The van der Waals surface area contributed by atoms with Crippen molar-refractivity contribution in [2.45, 2.75) is 38.3 Å². The van der Waals surface area contributed by atoms with Gasteiger partial charge < -0.3 is 20.3 Å². The summed E-state index contributed by atoms with van der Waals surface area (Å²) in [5.74, 6) is 0.941. The molecule has 7 nitrogen and oxygen atoms in total. The number of hydrogen-bond donors (Lipinski definition) is 2. The van der Waals surface area contributed by atoms with Crippen molar-refractivity contribution in [1.29, 1.82) is 0 Å². The van der Waals surface area contributed by atoms with Crippen molar-refractivity contribution in [3.8, 4) is 0 Å². The molecule has 29 heavy (non-hydrogen) atoms. The van der Waals surface area contributed by atoms with Gasteiger partial charge in [-0.15, -0.1) is 24.0 Å². The monoisotopic (exact) mass is 515 g/mol. The molecule has 1 aliphatic carbocycles. The van der Waals surface area contributed by atoms with E-state index in [0.29, 0.717) is 19.0 Å². The van der Waals surface area contributed by atoms with E-state index in [0.717, 1.165) is 44.4 Å². The molecule has 2 fully saturated rings. The molecule has 1 saturated heterocycles. The van der Waals surface area contributed by atoms with Gasteiger partial charge >= 0.3 is 0 Å². The van der Waals surface area contributed by atoms with Gasteiger partial charge in [-0.3, -0.25) is 14.7 Å². The molecule has 0 bridgehead atoms. The van der Waals surface area contributed by atoms with Crippen molar-refractivity contribution in [2.24, 2.45) is 4.99 Å². The van der Waals surface area contributed by atoms with Gasteiger partial charge in [0.2, 0.25) is 5.91 Å². The lowest BCUT2D eigenvalue weighted by atomic mass is 10.2. The minimum Gasteiger partial charge on any atom is -0.383 e. The quantitative estimate of drug-likeness (QED) is 0.284. The first-order valence-corrected chi connectivity index (χ1v) is 10.3. The molecule has 3 rings (SSSR count). The molecule has 1 aromatic rings. The maximum Gasteiger partial charge on any atom is 0.229 e. The fraction of sp³-hybridized carbons (Fsp3) is 0.619. The lowest BCUT2D eigenvalue weighted by molar-refractivity contribution is -0.117. The SMILES string of the molecule is CCNC(=NCCN(CCOC)C1CC1)NC1CC(=O)N(c2ccccc2)C1.I. The average Bonchev–Trinajstić information content (AvgIpc) is 3.48. The largest absolute Gasteiger partial charge is 0.383 e. The predicted octanol–water partition coefficient (Wildman–Crippen LogP) is 2.08. The third-order valence-corrected chi connectivity index (χ3v) is 5.18. The minimum atomic E-state index is 0. The summed E-state index contributed by atoms with van der Waals surface area (Å²) in [6.07, 6.45) is 3.05. The molecular weight excluding hydrogens is 481 g/mol. The van der Waals surface area contributed by atoms with E-state index >= 15 is 0 Å². The molecule has 1 atom stereocenters. The summed E-state index contributed by atoms with van der Waals surface area (Å²) in [5, 5.41) is 6.75. The van der Waals surface area contributed by atoms with Gasteiger partial charge in [0.05, 0.1) is 19.2 Å². The third-order valence-electron chi connectivity index (χ3n) is 5.18. The number of para-hydroxylation sites is 1. The molecule has 1 heterocycles. The summed E-state index contributed by atoms with van der Waals surface area (Å²) in [7, 11) is 1.75. The van der Waals surface area contributed by atoms with E-state index in [1.807, 2.05) is 35.2 Å². The van der Waals surface area contributed by atoms with Gasteiger partial charge in [-0.05, 0) is 31.9 Å². The summed E-state index contributed by atoms with van der Waals surface area (Å²) in [4.78, 5) is 21.5. The second-order valence-electron chi connectivity index (χ2n) is 7.41. The van der Waals surface area contributed by atoms with E-state index in [1.165, 1.54) is 12.8 Å². The zero-order valence-electron chi connectivity index (χ0n) is 17.5. The Morgan fingerprint density at radius 3 is 2.69 bits per heavy atom. The standard InChI is InChI=1S/C21H33N5O2.HI/c1-3-22-21(23-11-12-25(13-14-28-2)18-9-10-18)24-17-15-20(27)26(16-17)19-7-5-4-6-8-19;/h4-8,17-18H,3,9-16H2,1-2H3,(H2,22,23,24);1H. The number of halogens is 1. The van der Waals surface area contributed by atoms with Gasteiger partial charge in [-0.2, -0.15) is 0 Å². The fourth-order valence-electron chi connectivity index (χ4n) is 3.59. The molecule has 0 aromatic heterocycles. The topological polar surface area (TPSA) is 69.2 Å². The lowest BCUT2D eigenvalue weighted by Gasteiger charge is -2.21. The van der Waals surface area contributed by atoms with Crippen molar-refractivity contribution in [2.75, 3.05) is 51.3 Å². The number of amides is 1. The molecule has 162 valence electrons. The number of nitrogens with one attached hydrogen (secondary N) is 2. The van der Waals surface area contributed by atoms with E-state index in [4.69, 9.17) is 9.73 Å². The molecule has 1 saturated carbocycles. The Morgan fingerprint density at radius 2 is 2.03 bits per heavy atom. The number of aliphatic imine (C=N–C) groups is 1. The van der Waals surface area contributed by atoms with Crippen molar-refractivity contribution in [3.63, 3.8) is 0 Å². The Hall–Kier alpha value is -1.39.